The summed E-state index contributed by atoms with van der Waals surface area (Å²) in [5.74, 6) is 0. The molecule has 0 radical (unpaired) electrons. The van der Waals surface area contributed by atoms with Crippen molar-refractivity contribution in [1.29, 1.82) is 0 Å². The van der Waals surface area contributed by atoms with Gasteiger partial charge in [0, 0.05) is 52.6 Å². The summed E-state index contributed by atoms with van der Waals surface area (Å²) in [5, 5.41) is 0. The first-order chi connectivity index (χ1) is 11.2. The van der Waals surface area contributed by atoms with Crippen LogP contribution in [0, 0.1) is 0 Å². The molecule has 0 aromatic heterocycles. The average Bonchev–Trinajstić information content (AvgIpc) is 2.55. The van der Waals surface area contributed by atoms with Crippen LogP contribution in [0.3, 0.4) is 0 Å². The zero-order valence-electron chi connectivity index (χ0n) is 15.2. The molecule has 0 aromatic carbocycles. The van der Waals surface area contributed by atoms with E-state index in [1.165, 1.54) is 0 Å². The van der Waals surface area contributed by atoms with Crippen molar-refractivity contribution < 1.29 is 22.8 Å². The molecular formula is C15H34N2O5Si. The first-order valence-corrected chi connectivity index (χ1v) is 10.6. The minimum Gasteiger partial charge on any atom is -0.372 e. The third-order valence-corrected chi connectivity index (χ3v) is 6.33. The molecule has 0 saturated carbocycles. The Bertz CT molecular complexity index is 274. The second-order valence-corrected chi connectivity index (χ2v) is 7.84. The lowest BCUT2D eigenvalue weighted by Gasteiger charge is -2.35. The van der Waals surface area contributed by atoms with Crippen molar-refractivity contribution in [3.8, 4) is 0 Å². The Morgan fingerprint density at radius 2 is 1.09 bits per heavy atom. The summed E-state index contributed by atoms with van der Waals surface area (Å²) in [5.41, 5.74) is 0. The second-order valence-electron chi connectivity index (χ2n) is 5.32. The average molecular weight is 351 g/mol. The van der Waals surface area contributed by atoms with E-state index in [0.717, 1.165) is 39.5 Å². The van der Waals surface area contributed by atoms with E-state index in [1.54, 1.807) is 0 Å². The van der Waals surface area contributed by atoms with Crippen molar-refractivity contribution in [2.75, 3.05) is 72.3 Å². The molecule has 0 atom stereocenters. The van der Waals surface area contributed by atoms with Gasteiger partial charge in [0.15, 0.2) is 0 Å². The highest BCUT2D eigenvalue weighted by Gasteiger charge is 2.41. The van der Waals surface area contributed by atoms with Crippen LogP contribution in [0.4, 0.5) is 0 Å². The predicted molar refractivity (Wildman–Crippen MR) is 91.1 cm³/mol. The second kappa shape index (κ2) is 12.3. The van der Waals surface area contributed by atoms with Crippen molar-refractivity contribution >= 4 is 8.80 Å². The lowest BCUT2D eigenvalue weighted by atomic mass is 10.3. The van der Waals surface area contributed by atoms with Crippen molar-refractivity contribution in [2.24, 2.45) is 0 Å². The largest absolute Gasteiger partial charge is 0.528 e. The molecule has 0 N–H and O–H groups in total. The zero-order valence-corrected chi connectivity index (χ0v) is 16.2. The van der Waals surface area contributed by atoms with Crippen molar-refractivity contribution in [3.63, 3.8) is 0 Å². The Kier molecular flexibility index (Phi) is 11.2. The molecule has 1 heterocycles. The van der Waals surface area contributed by atoms with Gasteiger partial charge in [-0.15, -0.1) is 0 Å². The van der Waals surface area contributed by atoms with Crippen LogP contribution < -0.4 is 0 Å². The van der Waals surface area contributed by atoms with E-state index < -0.39 is 8.80 Å². The van der Waals surface area contributed by atoms with E-state index in [0.29, 0.717) is 32.8 Å². The van der Waals surface area contributed by atoms with Gasteiger partial charge in [-0.2, -0.15) is 0 Å². The molecule has 138 valence electrons. The van der Waals surface area contributed by atoms with Gasteiger partial charge in [0.1, 0.15) is 6.23 Å². The molecule has 23 heavy (non-hydrogen) atoms. The predicted octanol–water partition coefficient (Wildman–Crippen LogP) is 1.16. The lowest BCUT2D eigenvalue weighted by molar-refractivity contribution is -0.0368. The Hall–Kier alpha value is -0.0631. The summed E-state index contributed by atoms with van der Waals surface area (Å²) < 4.78 is 28.7. The van der Waals surface area contributed by atoms with Crippen LogP contribution >= 0.6 is 0 Å². The van der Waals surface area contributed by atoms with E-state index in [9.17, 15) is 0 Å². The summed E-state index contributed by atoms with van der Waals surface area (Å²) in [7, 11) is -2.69. The number of piperazine rings is 1. The van der Waals surface area contributed by atoms with Gasteiger partial charge in [0.2, 0.25) is 0 Å². The third-order valence-electron chi connectivity index (χ3n) is 3.59. The first kappa shape index (κ1) is 21.0. The fourth-order valence-electron chi connectivity index (χ4n) is 2.48. The maximum Gasteiger partial charge on any atom is 0.528 e. The van der Waals surface area contributed by atoms with Gasteiger partial charge >= 0.3 is 8.80 Å². The topological polar surface area (TPSA) is 52.6 Å². The minimum atomic E-state index is -2.69. The van der Waals surface area contributed by atoms with Gasteiger partial charge in [0.05, 0.1) is 13.5 Å². The van der Waals surface area contributed by atoms with Crippen molar-refractivity contribution in [1.82, 2.24) is 9.80 Å². The molecule has 1 aliphatic heterocycles. The van der Waals surface area contributed by atoms with Crippen LogP contribution in [0.25, 0.3) is 0 Å². The van der Waals surface area contributed by atoms with Crippen molar-refractivity contribution in [2.45, 2.75) is 27.7 Å². The van der Waals surface area contributed by atoms with E-state index >= 15 is 0 Å². The number of hydrogen-bond donors (Lipinski definition) is 0. The summed E-state index contributed by atoms with van der Waals surface area (Å²) in [4.78, 5) is 4.62. The highest BCUT2D eigenvalue weighted by Crippen LogP contribution is 2.11. The highest BCUT2D eigenvalue weighted by atomic mass is 28.4. The summed E-state index contributed by atoms with van der Waals surface area (Å²) in [6.45, 7) is 15.7. The molecule has 0 unspecified atom stereocenters. The van der Waals surface area contributed by atoms with E-state index in [-0.39, 0.29) is 0 Å². The summed E-state index contributed by atoms with van der Waals surface area (Å²) in [6.07, 6.45) is 0.404. The molecule has 0 amide bonds. The molecule has 1 aliphatic rings. The van der Waals surface area contributed by atoms with Gasteiger partial charge in [-0.05, 0) is 27.7 Å². The number of nitrogens with zero attached hydrogens (tertiary/aromatic N) is 2. The monoisotopic (exact) mass is 350 g/mol. The van der Waals surface area contributed by atoms with Crippen LogP contribution in [0.2, 0.25) is 0 Å². The number of hydrogen-bond acceptors (Lipinski definition) is 7. The molecule has 0 bridgehead atoms. The number of rotatable bonds is 13. The molecule has 0 aliphatic carbocycles. The Labute approximate surface area is 142 Å². The van der Waals surface area contributed by atoms with Gasteiger partial charge < -0.3 is 22.8 Å². The van der Waals surface area contributed by atoms with E-state index in [1.807, 2.05) is 27.7 Å². The van der Waals surface area contributed by atoms with E-state index in [2.05, 4.69) is 9.80 Å². The van der Waals surface area contributed by atoms with Crippen LogP contribution in [-0.2, 0) is 22.8 Å². The molecule has 0 spiro atoms. The summed E-state index contributed by atoms with van der Waals surface area (Å²) in [6, 6.07) is 0. The molecule has 7 nitrogen and oxygen atoms in total. The summed E-state index contributed by atoms with van der Waals surface area (Å²) >= 11 is 0. The Morgan fingerprint density at radius 1 is 0.652 bits per heavy atom. The van der Waals surface area contributed by atoms with Crippen LogP contribution in [0.5, 0.6) is 0 Å². The SMILES string of the molecule is CCOCN1CCN(COC[Si](OCC)(OCC)OCC)CC1. The normalized spacial score (nSPS) is 17.7. The fraction of sp³-hybridized carbons (Fsp3) is 1.00. The van der Waals surface area contributed by atoms with Gasteiger partial charge in [-0.1, -0.05) is 0 Å². The maximum absolute atomic E-state index is 5.88. The zero-order chi connectivity index (χ0) is 17.0. The quantitative estimate of drug-likeness (QED) is 0.462. The molecular weight excluding hydrogens is 316 g/mol. The lowest BCUT2D eigenvalue weighted by Crippen LogP contribution is -2.52. The van der Waals surface area contributed by atoms with E-state index in [4.69, 9.17) is 22.8 Å². The molecule has 0 aromatic rings. The third kappa shape index (κ3) is 8.04. The Morgan fingerprint density at radius 3 is 1.48 bits per heavy atom. The van der Waals surface area contributed by atoms with Crippen LogP contribution in [0.1, 0.15) is 27.7 Å². The standard InChI is InChI=1S/C15H34N2O5Si/c1-5-18-13-16-9-11-17(12-10-16)14-19-15-23(20-6-2,21-7-3)22-8-4/h5-15H2,1-4H3. The Balaban J connectivity index is 2.30. The van der Waals surface area contributed by atoms with Gasteiger partial charge in [-0.3, -0.25) is 9.80 Å². The maximum atomic E-state index is 5.88. The van der Waals surface area contributed by atoms with Crippen LogP contribution in [-0.4, -0.2) is 90.9 Å². The highest BCUT2D eigenvalue weighted by molar-refractivity contribution is 6.60. The van der Waals surface area contributed by atoms with Gasteiger partial charge in [0.25, 0.3) is 0 Å². The number of ether oxygens (including phenoxy) is 2. The van der Waals surface area contributed by atoms with Gasteiger partial charge in [-0.25, -0.2) is 0 Å². The van der Waals surface area contributed by atoms with Crippen molar-refractivity contribution in [3.05, 3.63) is 0 Å². The minimum absolute atomic E-state index is 0.404. The first-order valence-electron chi connectivity index (χ1n) is 8.71. The molecule has 1 saturated heterocycles. The molecule has 8 heteroatoms. The fourth-order valence-corrected chi connectivity index (χ4v) is 4.64. The van der Waals surface area contributed by atoms with Crippen LogP contribution in [0.15, 0.2) is 0 Å². The smallest absolute Gasteiger partial charge is 0.372 e. The molecule has 1 fully saturated rings. The molecule has 1 rings (SSSR count).